The number of carbonyl (C=O) groups is 1. The van der Waals surface area contributed by atoms with Crippen molar-refractivity contribution in [2.45, 2.75) is 25.5 Å². The molecule has 1 unspecified atom stereocenters. The lowest BCUT2D eigenvalue weighted by molar-refractivity contribution is -0.142. The van der Waals surface area contributed by atoms with Gasteiger partial charge in [0.15, 0.2) is 0 Å². The molecule has 0 radical (unpaired) electrons. The average Bonchev–Trinajstić information content (AvgIpc) is 3.35. The van der Waals surface area contributed by atoms with Gasteiger partial charge in [-0.15, -0.1) is 11.3 Å². The van der Waals surface area contributed by atoms with Crippen LogP contribution in [0.2, 0.25) is 0 Å². The van der Waals surface area contributed by atoms with Gasteiger partial charge in [-0.25, -0.2) is 9.37 Å². The van der Waals surface area contributed by atoms with Crippen LogP contribution in [0.5, 0.6) is 0 Å². The predicted molar refractivity (Wildman–Crippen MR) is 98.3 cm³/mol. The first-order valence-electron chi connectivity index (χ1n) is 9.02. The first-order valence-corrected chi connectivity index (χ1v) is 9.90. The number of ether oxygens (including phenoxy) is 1. The Morgan fingerprint density at radius 2 is 2.00 bits per heavy atom. The van der Waals surface area contributed by atoms with E-state index in [2.05, 4.69) is 15.3 Å². The molecular formula is C19H22FN3O2S. The van der Waals surface area contributed by atoms with Crippen LogP contribution in [0.15, 0.2) is 29.6 Å². The number of aromatic nitrogens is 1. The summed E-state index contributed by atoms with van der Waals surface area (Å²) in [5.74, 6) is -0.0876. The molecule has 0 aliphatic carbocycles. The molecule has 7 heteroatoms. The van der Waals surface area contributed by atoms with E-state index in [1.807, 2.05) is 4.90 Å². The maximum Gasteiger partial charge on any atom is 0.251 e. The fourth-order valence-corrected chi connectivity index (χ4v) is 4.25. The molecule has 1 atom stereocenters. The first-order chi connectivity index (χ1) is 12.7. The number of amides is 1. The van der Waals surface area contributed by atoms with Gasteiger partial charge in [-0.05, 0) is 37.1 Å². The van der Waals surface area contributed by atoms with E-state index in [0.29, 0.717) is 6.61 Å². The lowest BCUT2D eigenvalue weighted by Gasteiger charge is -2.35. The van der Waals surface area contributed by atoms with Gasteiger partial charge in [0.05, 0.1) is 5.69 Å². The zero-order valence-corrected chi connectivity index (χ0v) is 15.4. The quantitative estimate of drug-likeness (QED) is 0.824. The van der Waals surface area contributed by atoms with Crippen LogP contribution in [0.3, 0.4) is 0 Å². The van der Waals surface area contributed by atoms with E-state index in [4.69, 9.17) is 4.74 Å². The molecule has 138 valence electrons. The molecule has 2 aliphatic heterocycles. The fourth-order valence-electron chi connectivity index (χ4n) is 3.44. The van der Waals surface area contributed by atoms with Crippen LogP contribution in [0.1, 0.15) is 18.5 Å². The maximum absolute atomic E-state index is 13.0. The number of thiazole rings is 1. The molecule has 26 heavy (non-hydrogen) atoms. The van der Waals surface area contributed by atoms with Crippen LogP contribution in [-0.4, -0.2) is 59.6 Å². The molecule has 2 aromatic rings. The third kappa shape index (κ3) is 3.95. The maximum atomic E-state index is 13.0. The van der Waals surface area contributed by atoms with Crippen molar-refractivity contribution in [1.29, 1.82) is 0 Å². The second kappa shape index (κ2) is 7.82. The van der Waals surface area contributed by atoms with Gasteiger partial charge in [0.1, 0.15) is 16.9 Å². The SMILES string of the molecule is O=C(C1CCCO1)N1CCN(Cc2csc(-c3ccc(F)cc3)n2)CC1. The number of halogens is 1. The average molecular weight is 375 g/mol. The van der Waals surface area contributed by atoms with Crippen molar-refractivity contribution in [3.63, 3.8) is 0 Å². The Labute approximate surface area is 156 Å². The molecule has 1 aromatic carbocycles. The third-order valence-corrected chi connectivity index (χ3v) is 5.86. The summed E-state index contributed by atoms with van der Waals surface area (Å²) in [4.78, 5) is 21.3. The van der Waals surface area contributed by atoms with Gasteiger partial charge in [-0.1, -0.05) is 0 Å². The summed E-state index contributed by atoms with van der Waals surface area (Å²) < 4.78 is 18.6. The molecule has 1 aromatic heterocycles. The van der Waals surface area contributed by atoms with Crippen molar-refractivity contribution in [1.82, 2.24) is 14.8 Å². The topological polar surface area (TPSA) is 45.7 Å². The monoisotopic (exact) mass is 375 g/mol. The second-order valence-electron chi connectivity index (χ2n) is 6.75. The summed E-state index contributed by atoms with van der Waals surface area (Å²) in [7, 11) is 0. The van der Waals surface area contributed by atoms with Gasteiger partial charge in [-0.2, -0.15) is 0 Å². The normalized spacial score (nSPS) is 21.3. The highest BCUT2D eigenvalue weighted by molar-refractivity contribution is 7.13. The minimum Gasteiger partial charge on any atom is -0.368 e. The van der Waals surface area contributed by atoms with Crippen molar-refractivity contribution in [3.05, 3.63) is 41.2 Å². The van der Waals surface area contributed by atoms with E-state index < -0.39 is 0 Å². The smallest absolute Gasteiger partial charge is 0.251 e. The van der Waals surface area contributed by atoms with Gasteiger partial charge in [0.2, 0.25) is 0 Å². The number of nitrogens with zero attached hydrogens (tertiary/aromatic N) is 3. The molecule has 3 heterocycles. The number of piperazine rings is 1. The van der Waals surface area contributed by atoms with Crippen molar-refractivity contribution >= 4 is 17.2 Å². The van der Waals surface area contributed by atoms with Gasteiger partial charge < -0.3 is 9.64 Å². The Balaban J connectivity index is 1.30. The minimum atomic E-state index is -0.235. The molecule has 0 saturated carbocycles. The second-order valence-corrected chi connectivity index (χ2v) is 7.61. The van der Waals surface area contributed by atoms with Crippen LogP contribution in [0.4, 0.5) is 4.39 Å². The predicted octanol–water partition coefficient (Wildman–Crippen LogP) is 2.77. The Morgan fingerprint density at radius 3 is 2.69 bits per heavy atom. The molecule has 2 aliphatic rings. The molecule has 2 saturated heterocycles. The number of hydrogen-bond acceptors (Lipinski definition) is 5. The molecular weight excluding hydrogens is 353 g/mol. The van der Waals surface area contributed by atoms with Gasteiger partial charge in [0.25, 0.3) is 5.91 Å². The Kier molecular flexibility index (Phi) is 5.28. The summed E-state index contributed by atoms with van der Waals surface area (Å²) >= 11 is 1.58. The summed E-state index contributed by atoms with van der Waals surface area (Å²) in [5.41, 5.74) is 1.96. The molecule has 0 spiro atoms. The lowest BCUT2D eigenvalue weighted by atomic mass is 10.2. The molecule has 4 rings (SSSR count). The van der Waals surface area contributed by atoms with E-state index in [9.17, 15) is 9.18 Å². The van der Waals surface area contributed by atoms with Crippen LogP contribution in [-0.2, 0) is 16.1 Å². The van der Waals surface area contributed by atoms with Crippen molar-refractivity contribution in [3.8, 4) is 10.6 Å². The lowest BCUT2D eigenvalue weighted by Crippen LogP contribution is -2.51. The van der Waals surface area contributed by atoms with Gasteiger partial charge in [-0.3, -0.25) is 9.69 Å². The Bertz CT molecular complexity index is 750. The zero-order valence-electron chi connectivity index (χ0n) is 14.6. The van der Waals surface area contributed by atoms with Gasteiger partial charge in [0, 0.05) is 50.3 Å². The minimum absolute atomic E-state index is 0.148. The van der Waals surface area contributed by atoms with Crippen LogP contribution in [0, 0.1) is 5.82 Å². The van der Waals surface area contributed by atoms with Crippen LogP contribution in [0.25, 0.3) is 10.6 Å². The van der Waals surface area contributed by atoms with E-state index >= 15 is 0 Å². The number of benzene rings is 1. The number of rotatable bonds is 4. The summed E-state index contributed by atoms with van der Waals surface area (Å²) in [6.45, 7) is 4.67. The van der Waals surface area contributed by atoms with E-state index in [-0.39, 0.29) is 17.8 Å². The largest absolute Gasteiger partial charge is 0.368 e. The van der Waals surface area contributed by atoms with E-state index in [0.717, 1.165) is 61.8 Å². The van der Waals surface area contributed by atoms with E-state index in [1.54, 1.807) is 23.5 Å². The summed E-state index contributed by atoms with van der Waals surface area (Å²) in [6.07, 6.45) is 1.61. The standard InChI is InChI=1S/C19H22FN3O2S/c20-15-5-3-14(4-6-15)18-21-16(13-26-18)12-22-7-9-23(10-8-22)19(24)17-2-1-11-25-17/h3-6,13,17H,1-2,7-12H2. The highest BCUT2D eigenvalue weighted by Crippen LogP contribution is 2.25. The molecule has 1 amide bonds. The van der Waals surface area contributed by atoms with E-state index in [1.165, 1.54) is 12.1 Å². The van der Waals surface area contributed by atoms with Crippen molar-refractivity contribution < 1.29 is 13.9 Å². The van der Waals surface area contributed by atoms with Crippen LogP contribution >= 0.6 is 11.3 Å². The van der Waals surface area contributed by atoms with Gasteiger partial charge >= 0.3 is 0 Å². The van der Waals surface area contributed by atoms with Crippen molar-refractivity contribution in [2.24, 2.45) is 0 Å². The number of hydrogen-bond donors (Lipinski definition) is 0. The zero-order chi connectivity index (χ0) is 17.9. The summed E-state index contributed by atoms with van der Waals surface area (Å²) in [5, 5.41) is 2.97. The molecule has 5 nitrogen and oxygen atoms in total. The molecule has 0 bridgehead atoms. The fraction of sp³-hybridized carbons (Fsp3) is 0.474. The third-order valence-electron chi connectivity index (χ3n) is 4.92. The highest BCUT2D eigenvalue weighted by Gasteiger charge is 2.30. The van der Waals surface area contributed by atoms with Crippen molar-refractivity contribution in [2.75, 3.05) is 32.8 Å². The number of carbonyl (C=O) groups excluding carboxylic acids is 1. The van der Waals surface area contributed by atoms with Crippen LogP contribution < -0.4 is 0 Å². The Hall–Kier alpha value is -1.83. The highest BCUT2D eigenvalue weighted by atomic mass is 32.1. The molecule has 2 fully saturated rings. The summed E-state index contributed by atoms with van der Waals surface area (Å²) in [6, 6.07) is 6.43. The Morgan fingerprint density at radius 1 is 1.23 bits per heavy atom. The first kappa shape index (κ1) is 17.6. The molecule has 0 N–H and O–H groups in total.